The van der Waals surface area contributed by atoms with Gasteiger partial charge in [0.2, 0.25) is 0 Å². The molecule has 0 fully saturated rings. The van der Waals surface area contributed by atoms with Crippen LogP contribution in [-0.4, -0.2) is 0 Å². The third-order valence-corrected chi connectivity index (χ3v) is 13.2. The molecule has 0 aliphatic carbocycles. The average Bonchev–Trinajstić information content (AvgIpc) is 3.61. The molecule has 53 heavy (non-hydrogen) atoms. The molecule has 250 valence electrons. The van der Waals surface area contributed by atoms with E-state index in [1.807, 2.05) is 23.1 Å². The molecule has 4 heteroatoms. The second-order valence-electron chi connectivity index (χ2n) is 13.6. The lowest BCUT2D eigenvalue weighted by Gasteiger charge is -2.45. The highest BCUT2D eigenvalue weighted by molar-refractivity contribution is 7.99. The maximum Gasteiger partial charge on any atom is 0.132 e. The summed E-state index contributed by atoms with van der Waals surface area (Å²) in [7, 11) is 0. The lowest BCUT2D eigenvalue weighted by molar-refractivity contribution is 0.431. The monoisotopic (exact) mass is 713 g/mol. The van der Waals surface area contributed by atoms with Crippen LogP contribution in [0.25, 0.3) is 31.3 Å². The summed E-state index contributed by atoms with van der Waals surface area (Å²) in [6.07, 6.45) is 0. The van der Waals surface area contributed by atoms with Crippen LogP contribution in [0.3, 0.4) is 0 Å². The maximum atomic E-state index is 6.63. The number of benzene rings is 8. The van der Waals surface area contributed by atoms with Gasteiger partial charge in [-0.05, 0) is 89.0 Å². The van der Waals surface area contributed by atoms with E-state index in [4.69, 9.17) is 4.74 Å². The largest absolute Gasteiger partial charge is 0.457 e. The predicted molar refractivity (Wildman–Crippen MR) is 222 cm³/mol. The van der Waals surface area contributed by atoms with Crippen LogP contribution < -0.4 is 9.64 Å². The summed E-state index contributed by atoms with van der Waals surface area (Å²) in [6, 6.07) is 68.3. The van der Waals surface area contributed by atoms with Gasteiger partial charge < -0.3 is 9.64 Å². The first-order valence-corrected chi connectivity index (χ1v) is 19.6. The Kier molecular flexibility index (Phi) is 6.91. The van der Waals surface area contributed by atoms with Gasteiger partial charge in [-0.2, -0.15) is 0 Å². The number of anilines is 3. The van der Waals surface area contributed by atoms with Crippen molar-refractivity contribution in [3.8, 4) is 22.6 Å². The minimum Gasteiger partial charge on any atom is -0.457 e. The molecule has 0 N–H and O–H groups in total. The van der Waals surface area contributed by atoms with Crippen LogP contribution in [0.5, 0.6) is 11.5 Å². The molecule has 11 rings (SSSR count). The van der Waals surface area contributed by atoms with Crippen LogP contribution >= 0.6 is 23.1 Å². The highest BCUT2D eigenvalue weighted by Crippen LogP contribution is 2.62. The SMILES string of the molecule is c1ccc(N(c2ccc(-c3cccc4c3sc3ccccc34)cc2)c2ccc3c(c2)C2(c4ccccc4Oc4ccccc42)c2ccccc2S3)cc1. The fourth-order valence-corrected chi connectivity index (χ4v) is 10.9. The number of rotatable bonds is 4. The smallest absolute Gasteiger partial charge is 0.132 e. The van der Waals surface area contributed by atoms with Crippen LogP contribution in [0.2, 0.25) is 0 Å². The Morgan fingerprint density at radius 1 is 0.434 bits per heavy atom. The summed E-state index contributed by atoms with van der Waals surface area (Å²) in [6.45, 7) is 0. The summed E-state index contributed by atoms with van der Waals surface area (Å²) in [5, 5.41) is 2.64. The summed E-state index contributed by atoms with van der Waals surface area (Å²) < 4.78 is 9.28. The van der Waals surface area contributed by atoms with Crippen molar-refractivity contribution in [1.29, 1.82) is 0 Å². The number of fused-ring (bicyclic) bond motifs is 11. The Bertz CT molecular complexity index is 2750. The minimum atomic E-state index is -0.562. The predicted octanol–water partition coefficient (Wildman–Crippen LogP) is 14.1. The molecule has 1 spiro atoms. The zero-order valence-electron chi connectivity index (χ0n) is 28.6. The zero-order valence-corrected chi connectivity index (χ0v) is 30.2. The molecule has 0 amide bonds. The fourth-order valence-electron chi connectivity index (χ4n) is 8.53. The molecule has 0 bridgehead atoms. The quantitative estimate of drug-likeness (QED) is 0.180. The van der Waals surface area contributed by atoms with Crippen LogP contribution in [-0.2, 0) is 5.41 Å². The molecule has 0 unspecified atom stereocenters. The Morgan fingerprint density at radius 2 is 1.04 bits per heavy atom. The molecule has 8 aromatic carbocycles. The molecule has 9 aromatic rings. The van der Waals surface area contributed by atoms with Gasteiger partial charge in [0.05, 0.1) is 5.41 Å². The van der Waals surface area contributed by atoms with Crippen LogP contribution in [0.4, 0.5) is 17.1 Å². The highest BCUT2D eigenvalue weighted by atomic mass is 32.2. The number of hydrogen-bond donors (Lipinski definition) is 0. The molecule has 0 saturated heterocycles. The normalized spacial score (nSPS) is 13.5. The van der Waals surface area contributed by atoms with Gasteiger partial charge in [-0.25, -0.2) is 0 Å². The topological polar surface area (TPSA) is 12.5 Å². The fraction of sp³-hybridized carbons (Fsp3) is 0.0204. The van der Waals surface area contributed by atoms with E-state index in [1.165, 1.54) is 52.2 Å². The van der Waals surface area contributed by atoms with E-state index < -0.39 is 5.41 Å². The van der Waals surface area contributed by atoms with E-state index in [2.05, 4.69) is 193 Å². The van der Waals surface area contributed by atoms with Crippen molar-refractivity contribution in [3.63, 3.8) is 0 Å². The first-order valence-electron chi connectivity index (χ1n) is 17.9. The average molecular weight is 714 g/mol. The Balaban J connectivity index is 1.11. The number of ether oxygens (including phenoxy) is 1. The summed E-state index contributed by atoms with van der Waals surface area (Å²) in [5.41, 5.74) is 10.1. The van der Waals surface area contributed by atoms with Crippen molar-refractivity contribution in [2.45, 2.75) is 15.2 Å². The van der Waals surface area contributed by atoms with Crippen molar-refractivity contribution in [3.05, 3.63) is 210 Å². The zero-order chi connectivity index (χ0) is 34.9. The minimum absolute atomic E-state index is 0.562. The number of para-hydroxylation sites is 3. The third-order valence-electron chi connectivity index (χ3n) is 10.8. The van der Waals surface area contributed by atoms with Gasteiger partial charge in [0, 0.05) is 58.2 Å². The standard InChI is InChI=1S/C49H31NOS2/c1-2-13-33(14-3-1)50(34-27-25-32(26-28-34)36-16-12-17-38-37-15-4-10-23-45(37)53-48(36)38)35-29-30-47-42(31-35)49(41-20-7-11-24-46(41)52-47)39-18-5-8-21-43(39)51-44-22-9-6-19-40(44)49/h1-31H. The van der Waals surface area contributed by atoms with Gasteiger partial charge in [0.15, 0.2) is 0 Å². The lowest BCUT2D eigenvalue weighted by Crippen LogP contribution is -2.36. The number of thiophene rings is 1. The van der Waals surface area contributed by atoms with Crippen molar-refractivity contribution in [2.24, 2.45) is 0 Å². The van der Waals surface area contributed by atoms with Crippen molar-refractivity contribution < 1.29 is 4.74 Å². The molecule has 0 radical (unpaired) electrons. The second-order valence-corrected chi connectivity index (χ2v) is 15.8. The highest BCUT2D eigenvalue weighted by Gasteiger charge is 2.49. The molecule has 0 atom stereocenters. The van der Waals surface area contributed by atoms with E-state index in [9.17, 15) is 0 Å². The Labute approximate surface area is 316 Å². The number of hydrogen-bond acceptors (Lipinski definition) is 4. The summed E-state index contributed by atoms with van der Waals surface area (Å²) >= 11 is 3.73. The lowest BCUT2D eigenvalue weighted by atomic mass is 9.63. The van der Waals surface area contributed by atoms with Gasteiger partial charge in [0.25, 0.3) is 0 Å². The van der Waals surface area contributed by atoms with E-state index in [0.29, 0.717) is 0 Å². The molecule has 0 saturated carbocycles. The molecular formula is C49H31NOS2. The van der Waals surface area contributed by atoms with Crippen LogP contribution in [0, 0.1) is 0 Å². The first-order chi connectivity index (χ1) is 26.3. The van der Waals surface area contributed by atoms with Gasteiger partial charge >= 0.3 is 0 Å². The van der Waals surface area contributed by atoms with E-state index in [-0.39, 0.29) is 0 Å². The van der Waals surface area contributed by atoms with Gasteiger partial charge in [0.1, 0.15) is 11.5 Å². The van der Waals surface area contributed by atoms with Crippen molar-refractivity contribution in [1.82, 2.24) is 0 Å². The molecule has 1 aromatic heterocycles. The van der Waals surface area contributed by atoms with Gasteiger partial charge in [-0.3, -0.25) is 0 Å². The number of nitrogens with zero attached hydrogens (tertiary/aromatic N) is 1. The van der Waals surface area contributed by atoms with E-state index >= 15 is 0 Å². The van der Waals surface area contributed by atoms with Crippen LogP contribution in [0.1, 0.15) is 22.3 Å². The second kappa shape index (κ2) is 12.0. The molecular weight excluding hydrogens is 683 g/mol. The van der Waals surface area contributed by atoms with Gasteiger partial charge in [-0.1, -0.05) is 133 Å². The molecule has 2 nitrogen and oxygen atoms in total. The molecule has 2 aliphatic rings. The Morgan fingerprint density at radius 3 is 1.83 bits per heavy atom. The van der Waals surface area contributed by atoms with Crippen molar-refractivity contribution >= 4 is 60.3 Å². The molecule has 3 heterocycles. The third kappa shape index (κ3) is 4.59. The Hall–Kier alpha value is -6.07. The van der Waals surface area contributed by atoms with E-state index in [0.717, 1.165) is 39.7 Å². The summed E-state index contributed by atoms with van der Waals surface area (Å²) in [4.78, 5) is 4.90. The van der Waals surface area contributed by atoms with Gasteiger partial charge in [-0.15, -0.1) is 11.3 Å². The maximum absolute atomic E-state index is 6.63. The van der Waals surface area contributed by atoms with E-state index in [1.54, 1.807) is 0 Å². The van der Waals surface area contributed by atoms with Crippen molar-refractivity contribution in [2.75, 3.05) is 4.90 Å². The van der Waals surface area contributed by atoms with Crippen LogP contribution in [0.15, 0.2) is 198 Å². The molecule has 2 aliphatic heterocycles. The first kappa shape index (κ1) is 30.5. The summed E-state index contributed by atoms with van der Waals surface area (Å²) in [5.74, 6) is 1.79.